The van der Waals surface area contributed by atoms with Crippen LogP contribution in [0.5, 0.6) is 0 Å². The number of halogens is 1. The lowest BCUT2D eigenvalue weighted by atomic mass is 10.1. The minimum absolute atomic E-state index is 0.275. The van der Waals surface area contributed by atoms with Crippen LogP contribution in [0.1, 0.15) is 24.9 Å². The van der Waals surface area contributed by atoms with Gasteiger partial charge in [0.15, 0.2) is 0 Å². The van der Waals surface area contributed by atoms with Crippen molar-refractivity contribution in [3.63, 3.8) is 0 Å². The van der Waals surface area contributed by atoms with E-state index in [2.05, 4.69) is 4.98 Å². The van der Waals surface area contributed by atoms with Crippen molar-refractivity contribution in [2.24, 2.45) is 5.73 Å². The van der Waals surface area contributed by atoms with Crippen LogP contribution in [0, 0.1) is 0 Å². The molecule has 1 rings (SSSR count). The Balaban J connectivity index is 2.64. The second-order valence-electron chi connectivity index (χ2n) is 3.31. The van der Waals surface area contributed by atoms with Crippen LogP contribution in [0.2, 0.25) is 5.02 Å². The molecule has 0 spiro atoms. The average molecular weight is 230 g/mol. The third-order valence-corrected chi connectivity index (χ3v) is 2.17. The number of nitrogens with zero attached hydrogens (tertiary/aromatic N) is 1. The maximum atomic E-state index is 5.90. The zero-order valence-corrected chi connectivity index (χ0v) is 9.50. The second-order valence-corrected chi connectivity index (χ2v) is 3.75. The standard InChI is InChI=1S/C10H16ClN3O/c1-2-3-15-6-9(12)8-4-7(11)5-14-10(8)13/h4-5,9H,2-3,6,12H2,1H3,(H2,13,14). The Bertz CT molecular complexity index is 320. The van der Waals surface area contributed by atoms with E-state index in [1.165, 1.54) is 6.20 Å². The Labute approximate surface area is 94.6 Å². The third kappa shape index (κ3) is 3.66. The molecular formula is C10H16ClN3O. The summed E-state index contributed by atoms with van der Waals surface area (Å²) in [4.78, 5) is 3.94. The molecule has 1 aromatic heterocycles. The highest BCUT2D eigenvalue weighted by atomic mass is 35.5. The minimum Gasteiger partial charge on any atom is -0.383 e. The van der Waals surface area contributed by atoms with Gasteiger partial charge in [-0.3, -0.25) is 0 Å². The molecule has 5 heteroatoms. The number of ether oxygens (including phenoxy) is 1. The van der Waals surface area contributed by atoms with Crippen LogP contribution in [0.25, 0.3) is 0 Å². The zero-order valence-electron chi connectivity index (χ0n) is 8.74. The van der Waals surface area contributed by atoms with E-state index < -0.39 is 0 Å². The van der Waals surface area contributed by atoms with Crippen LogP contribution >= 0.6 is 11.6 Å². The summed E-state index contributed by atoms with van der Waals surface area (Å²) in [6, 6.07) is 1.45. The zero-order chi connectivity index (χ0) is 11.3. The van der Waals surface area contributed by atoms with Gasteiger partial charge in [-0.2, -0.15) is 0 Å². The lowest BCUT2D eigenvalue weighted by Gasteiger charge is -2.14. The molecular weight excluding hydrogens is 214 g/mol. The van der Waals surface area contributed by atoms with Gasteiger partial charge in [0, 0.05) is 18.4 Å². The molecule has 1 aromatic rings. The monoisotopic (exact) mass is 229 g/mol. The first-order valence-electron chi connectivity index (χ1n) is 4.89. The van der Waals surface area contributed by atoms with Crippen molar-refractivity contribution >= 4 is 17.4 Å². The second kappa shape index (κ2) is 5.90. The first kappa shape index (κ1) is 12.2. The number of hydrogen-bond acceptors (Lipinski definition) is 4. The quantitative estimate of drug-likeness (QED) is 0.755. The van der Waals surface area contributed by atoms with Gasteiger partial charge in [-0.15, -0.1) is 0 Å². The van der Waals surface area contributed by atoms with Gasteiger partial charge >= 0.3 is 0 Å². The SMILES string of the molecule is CCCOCC(N)c1cc(Cl)cnc1N. The van der Waals surface area contributed by atoms with E-state index in [-0.39, 0.29) is 6.04 Å². The lowest BCUT2D eigenvalue weighted by molar-refractivity contribution is 0.121. The van der Waals surface area contributed by atoms with Gasteiger partial charge in [-0.05, 0) is 12.5 Å². The predicted octanol–water partition coefficient (Wildman–Crippen LogP) is 1.74. The van der Waals surface area contributed by atoms with Gasteiger partial charge in [0.25, 0.3) is 0 Å². The van der Waals surface area contributed by atoms with Crippen molar-refractivity contribution < 1.29 is 4.74 Å². The lowest BCUT2D eigenvalue weighted by Crippen LogP contribution is -2.19. The van der Waals surface area contributed by atoms with Crippen molar-refractivity contribution in [1.29, 1.82) is 0 Å². The van der Waals surface area contributed by atoms with Crippen molar-refractivity contribution in [3.05, 3.63) is 22.8 Å². The van der Waals surface area contributed by atoms with E-state index in [1.807, 2.05) is 6.92 Å². The normalized spacial score (nSPS) is 12.7. The number of hydrogen-bond donors (Lipinski definition) is 2. The Morgan fingerprint density at radius 2 is 2.33 bits per heavy atom. The molecule has 1 heterocycles. The van der Waals surface area contributed by atoms with Gasteiger partial charge in [0.1, 0.15) is 5.82 Å². The van der Waals surface area contributed by atoms with Crippen LogP contribution in [0.3, 0.4) is 0 Å². The molecule has 0 saturated heterocycles. The molecule has 0 aliphatic carbocycles. The summed E-state index contributed by atoms with van der Waals surface area (Å²) in [6.45, 7) is 3.17. The highest BCUT2D eigenvalue weighted by Gasteiger charge is 2.11. The fraction of sp³-hybridized carbons (Fsp3) is 0.500. The predicted molar refractivity (Wildman–Crippen MR) is 61.7 cm³/mol. The minimum atomic E-state index is -0.275. The van der Waals surface area contributed by atoms with Crippen molar-refractivity contribution in [3.8, 4) is 0 Å². The summed E-state index contributed by atoms with van der Waals surface area (Å²) in [5.41, 5.74) is 12.3. The first-order chi connectivity index (χ1) is 7.15. The number of rotatable bonds is 5. The Morgan fingerprint density at radius 3 is 3.00 bits per heavy atom. The van der Waals surface area contributed by atoms with E-state index in [4.69, 9.17) is 27.8 Å². The first-order valence-corrected chi connectivity index (χ1v) is 5.27. The number of pyridine rings is 1. The molecule has 0 fully saturated rings. The molecule has 0 bridgehead atoms. The molecule has 15 heavy (non-hydrogen) atoms. The maximum Gasteiger partial charge on any atom is 0.128 e. The van der Waals surface area contributed by atoms with E-state index >= 15 is 0 Å². The number of anilines is 1. The molecule has 0 amide bonds. The summed E-state index contributed by atoms with van der Waals surface area (Å²) >= 11 is 5.81. The van der Waals surface area contributed by atoms with Crippen molar-refractivity contribution in [2.75, 3.05) is 18.9 Å². The summed E-state index contributed by atoms with van der Waals surface area (Å²) in [7, 11) is 0. The summed E-state index contributed by atoms with van der Waals surface area (Å²) in [6.07, 6.45) is 2.47. The summed E-state index contributed by atoms with van der Waals surface area (Å²) < 4.78 is 5.34. The molecule has 1 atom stereocenters. The van der Waals surface area contributed by atoms with E-state index in [0.717, 1.165) is 12.0 Å². The maximum absolute atomic E-state index is 5.90. The number of nitrogens with two attached hydrogens (primary N) is 2. The molecule has 4 nitrogen and oxygen atoms in total. The van der Waals surface area contributed by atoms with Gasteiger partial charge in [-0.25, -0.2) is 4.98 Å². The topological polar surface area (TPSA) is 74.2 Å². The van der Waals surface area contributed by atoms with Gasteiger partial charge in [0.2, 0.25) is 0 Å². The summed E-state index contributed by atoms with van der Waals surface area (Å²) in [5.74, 6) is 0.409. The van der Waals surface area contributed by atoms with Gasteiger partial charge in [-0.1, -0.05) is 18.5 Å². The molecule has 0 aliphatic rings. The van der Waals surface area contributed by atoms with E-state index in [1.54, 1.807) is 6.07 Å². The van der Waals surface area contributed by atoms with Crippen LogP contribution in [-0.2, 0) is 4.74 Å². The van der Waals surface area contributed by atoms with E-state index in [0.29, 0.717) is 24.1 Å². The Morgan fingerprint density at radius 1 is 1.60 bits per heavy atom. The van der Waals surface area contributed by atoms with Crippen LogP contribution < -0.4 is 11.5 Å². The Hall–Kier alpha value is -0.840. The van der Waals surface area contributed by atoms with Gasteiger partial charge in [0.05, 0.1) is 17.7 Å². The molecule has 0 saturated carbocycles. The largest absolute Gasteiger partial charge is 0.383 e. The number of nitrogen functional groups attached to an aromatic ring is 1. The fourth-order valence-electron chi connectivity index (χ4n) is 1.21. The number of aromatic nitrogens is 1. The van der Waals surface area contributed by atoms with Crippen LogP contribution in [0.15, 0.2) is 12.3 Å². The van der Waals surface area contributed by atoms with Crippen molar-refractivity contribution in [2.45, 2.75) is 19.4 Å². The Kier molecular flexibility index (Phi) is 4.81. The molecule has 0 aromatic carbocycles. The molecule has 0 aliphatic heterocycles. The highest BCUT2D eigenvalue weighted by molar-refractivity contribution is 6.30. The summed E-state index contributed by atoms with van der Waals surface area (Å²) in [5, 5.41) is 0.533. The molecule has 1 unspecified atom stereocenters. The van der Waals surface area contributed by atoms with Crippen LogP contribution in [-0.4, -0.2) is 18.2 Å². The molecule has 0 radical (unpaired) electrons. The highest BCUT2D eigenvalue weighted by Crippen LogP contribution is 2.20. The van der Waals surface area contributed by atoms with Crippen molar-refractivity contribution in [1.82, 2.24) is 4.98 Å². The molecule has 84 valence electrons. The van der Waals surface area contributed by atoms with E-state index in [9.17, 15) is 0 Å². The molecule has 4 N–H and O–H groups in total. The van der Waals surface area contributed by atoms with Crippen LogP contribution in [0.4, 0.5) is 5.82 Å². The average Bonchev–Trinajstić information content (AvgIpc) is 2.22. The van der Waals surface area contributed by atoms with Gasteiger partial charge < -0.3 is 16.2 Å². The smallest absolute Gasteiger partial charge is 0.128 e. The third-order valence-electron chi connectivity index (χ3n) is 1.96. The fourth-order valence-corrected chi connectivity index (χ4v) is 1.37.